The fourth-order valence-electron chi connectivity index (χ4n) is 4.24. The van der Waals surface area contributed by atoms with E-state index in [0.29, 0.717) is 42.6 Å². The Morgan fingerprint density at radius 3 is 2.48 bits per heavy atom. The first-order valence-electron chi connectivity index (χ1n) is 11.3. The molecule has 0 bridgehead atoms. The van der Waals surface area contributed by atoms with Gasteiger partial charge in [0.2, 0.25) is 5.91 Å². The second-order valence-corrected chi connectivity index (χ2v) is 9.17. The van der Waals surface area contributed by atoms with E-state index >= 15 is 0 Å². The molecule has 0 saturated carbocycles. The molecular formula is C25H30ClN3O4. The van der Waals surface area contributed by atoms with Crippen molar-refractivity contribution in [2.24, 2.45) is 0 Å². The van der Waals surface area contributed by atoms with E-state index in [-0.39, 0.29) is 31.4 Å². The molecule has 2 amide bonds. The predicted octanol–water partition coefficient (Wildman–Crippen LogP) is 2.79. The zero-order valence-electron chi connectivity index (χ0n) is 18.9. The summed E-state index contributed by atoms with van der Waals surface area (Å²) >= 11 is 6.10. The smallest absolute Gasteiger partial charge is 0.254 e. The van der Waals surface area contributed by atoms with Gasteiger partial charge < -0.3 is 24.2 Å². The first-order valence-corrected chi connectivity index (χ1v) is 11.6. The molecule has 2 aliphatic heterocycles. The zero-order valence-corrected chi connectivity index (χ0v) is 19.7. The van der Waals surface area contributed by atoms with Crippen LogP contribution in [0.1, 0.15) is 16.8 Å². The normalized spacial score (nSPS) is 21.6. The summed E-state index contributed by atoms with van der Waals surface area (Å²) in [5, 5.41) is 0.570. The lowest BCUT2D eigenvalue weighted by Crippen LogP contribution is -2.59. The highest BCUT2D eigenvalue weighted by atomic mass is 35.5. The molecule has 0 radical (unpaired) electrons. The van der Waals surface area contributed by atoms with Crippen LogP contribution in [0.4, 0.5) is 0 Å². The third-order valence-corrected chi connectivity index (χ3v) is 6.42. The van der Waals surface area contributed by atoms with E-state index in [1.165, 1.54) is 0 Å². The highest BCUT2D eigenvalue weighted by molar-refractivity contribution is 6.30. The molecule has 2 heterocycles. The summed E-state index contributed by atoms with van der Waals surface area (Å²) in [7, 11) is 2.06. The molecule has 0 aliphatic carbocycles. The maximum absolute atomic E-state index is 13.2. The molecule has 2 saturated heterocycles. The lowest BCUT2D eigenvalue weighted by molar-refractivity contribution is -0.154. The molecule has 33 heavy (non-hydrogen) atoms. The van der Waals surface area contributed by atoms with Crippen LogP contribution in [0.3, 0.4) is 0 Å². The SMILES string of the molecule is CN1CCN(C(=O)CC2(COc3cccc(Cl)c3)CN(C(=O)c3ccccc3)CCO2)CC1. The van der Waals surface area contributed by atoms with Gasteiger partial charge in [-0.05, 0) is 37.4 Å². The van der Waals surface area contributed by atoms with Gasteiger partial charge in [-0.15, -0.1) is 0 Å². The van der Waals surface area contributed by atoms with Crippen LogP contribution in [0.2, 0.25) is 5.02 Å². The van der Waals surface area contributed by atoms with Crippen LogP contribution in [0, 0.1) is 0 Å². The quantitative estimate of drug-likeness (QED) is 0.648. The van der Waals surface area contributed by atoms with E-state index in [0.717, 1.165) is 13.1 Å². The number of amides is 2. The highest BCUT2D eigenvalue weighted by Crippen LogP contribution is 2.27. The van der Waals surface area contributed by atoms with Gasteiger partial charge in [0.05, 0.1) is 19.6 Å². The number of halogens is 1. The van der Waals surface area contributed by atoms with E-state index in [2.05, 4.69) is 11.9 Å². The maximum Gasteiger partial charge on any atom is 0.254 e. The minimum absolute atomic E-state index is 0.0202. The van der Waals surface area contributed by atoms with E-state index in [9.17, 15) is 9.59 Å². The number of benzene rings is 2. The zero-order chi connectivity index (χ0) is 23.3. The number of hydrogen-bond acceptors (Lipinski definition) is 5. The average Bonchev–Trinajstić information content (AvgIpc) is 2.83. The van der Waals surface area contributed by atoms with Gasteiger partial charge in [0.15, 0.2) is 0 Å². The molecule has 1 unspecified atom stereocenters. The van der Waals surface area contributed by atoms with Gasteiger partial charge >= 0.3 is 0 Å². The van der Waals surface area contributed by atoms with Crippen molar-refractivity contribution in [3.63, 3.8) is 0 Å². The molecule has 0 spiro atoms. The van der Waals surface area contributed by atoms with Gasteiger partial charge in [-0.25, -0.2) is 0 Å². The second kappa shape index (κ2) is 10.5. The molecule has 7 nitrogen and oxygen atoms in total. The second-order valence-electron chi connectivity index (χ2n) is 8.73. The fourth-order valence-corrected chi connectivity index (χ4v) is 4.42. The van der Waals surface area contributed by atoms with Crippen LogP contribution < -0.4 is 4.74 Å². The van der Waals surface area contributed by atoms with Crippen LogP contribution in [-0.4, -0.2) is 91.6 Å². The Hall–Kier alpha value is -2.61. The molecule has 2 aliphatic rings. The fraction of sp³-hybridized carbons (Fsp3) is 0.440. The predicted molar refractivity (Wildman–Crippen MR) is 127 cm³/mol. The molecule has 0 N–H and O–H groups in total. The lowest BCUT2D eigenvalue weighted by atomic mass is 9.96. The van der Waals surface area contributed by atoms with Crippen molar-refractivity contribution in [1.29, 1.82) is 0 Å². The van der Waals surface area contributed by atoms with Crippen LogP contribution in [0.5, 0.6) is 5.75 Å². The minimum atomic E-state index is -0.939. The van der Waals surface area contributed by atoms with E-state index in [1.54, 1.807) is 29.2 Å². The van der Waals surface area contributed by atoms with Crippen molar-refractivity contribution in [2.45, 2.75) is 12.0 Å². The number of nitrogens with zero attached hydrogens (tertiary/aromatic N) is 3. The maximum atomic E-state index is 13.2. The molecule has 4 rings (SSSR count). The van der Waals surface area contributed by atoms with E-state index in [4.69, 9.17) is 21.1 Å². The Kier molecular flexibility index (Phi) is 7.53. The number of likely N-dealkylation sites (N-methyl/N-ethyl adjacent to an activating group) is 1. The highest BCUT2D eigenvalue weighted by Gasteiger charge is 2.42. The topological polar surface area (TPSA) is 62.3 Å². The Bertz CT molecular complexity index is 965. The first-order chi connectivity index (χ1) is 15.9. The summed E-state index contributed by atoms with van der Waals surface area (Å²) in [4.78, 5) is 32.2. The van der Waals surface area contributed by atoms with E-state index in [1.807, 2.05) is 35.2 Å². The van der Waals surface area contributed by atoms with Crippen molar-refractivity contribution in [1.82, 2.24) is 14.7 Å². The molecule has 2 fully saturated rings. The van der Waals surface area contributed by atoms with Crippen LogP contribution in [0.15, 0.2) is 54.6 Å². The summed E-state index contributed by atoms with van der Waals surface area (Å²) in [5.41, 5.74) is -0.319. The van der Waals surface area contributed by atoms with Crippen molar-refractivity contribution in [3.8, 4) is 5.75 Å². The number of ether oxygens (including phenoxy) is 2. The lowest BCUT2D eigenvalue weighted by Gasteiger charge is -2.43. The van der Waals surface area contributed by atoms with Gasteiger partial charge in [-0.3, -0.25) is 9.59 Å². The Balaban J connectivity index is 1.52. The van der Waals surface area contributed by atoms with Gasteiger partial charge in [0, 0.05) is 43.3 Å². The number of piperazine rings is 1. The average molecular weight is 472 g/mol. The van der Waals surface area contributed by atoms with Crippen LogP contribution >= 0.6 is 11.6 Å². The summed E-state index contributed by atoms with van der Waals surface area (Å²) in [6, 6.07) is 16.3. The number of carbonyl (C=O) groups is 2. The van der Waals surface area contributed by atoms with Crippen molar-refractivity contribution < 1.29 is 19.1 Å². The monoisotopic (exact) mass is 471 g/mol. The first kappa shape index (κ1) is 23.5. The summed E-state index contributed by atoms with van der Waals surface area (Å²) in [6.07, 6.45) is 0.149. The Morgan fingerprint density at radius 2 is 1.76 bits per heavy atom. The molecule has 8 heteroatoms. The van der Waals surface area contributed by atoms with Gasteiger partial charge in [0.25, 0.3) is 5.91 Å². The van der Waals surface area contributed by atoms with E-state index < -0.39 is 5.60 Å². The molecule has 2 aromatic rings. The van der Waals surface area contributed by atoms with Crippen molar-refractivity contribution >= 4 is 23.4 Å². The Morgan fingerprint density at radius 1 is 1.00 bits per heavy atom. The molecule has 2 aromatic carbocycles. The van der Waals surface area contributed by atoms with Crippen molar-refractivity contribution in [2.75, 3.05) is 59.5 Å². The number of morpholine rings is 1. The van der Waals surface area contributed by atoms with Crippen molar-refractivity contribution in [3.05, 3.63) is 65.2 Å². The third kappa shape index (κ3) is 6.05. The molecular weight excluding hydrogens is 442 g/mol. The van der Waals surface area contributed by atoms with Gasteiger partial charge in [-0.1, -0.05) is 35.9 Å². The van der Waals surface area contributed by atoms with Crippen LogP contribution in [0.25, 0.3) is 0 Å². The van der Waals surface area contributed by atoms with Crippen LogP contribution in [-0.2, 0) is 9.53 Å². The van der Waals surface area contributed by atoms with Gasteiger partial charge in [-0.2, -0.15) is 0 Å². The molecule has 176 valence electrons. The number of hydrogen-bond donors (Lipinski definition) is 0. The Labute approximate surface area is 199 Å². The third-order valence-electron chi connectivity index (χ3n) is 6.18. The molecule has 0 aromatic heterocycles. The number of rotatable bonds is 6. The molecule has 1 atom stereocenters. The summed E-state index contributed by atoms with van der Waals surface area (Å²) < 4.78 is 12.2. The standard InChI is InChI=1S/C25H30ClN3O4/c1-27-10-12-28(13-11-27)23(30)17-25(19-32-22-9-5-8-21(26)16-22)18-29(14-15-33-25)24(31)20-6-3-2-4-7-20/h2-9,16H,10-15,17-19H2,1H3. The number of carbonyl (C=O) groups excluding carboxylic acids is 2. The minimum Gasteiger partial charge on any atom is -0.490 e. The summed E-state index contributed by atoms with van der Waals surface area (Å²) in [6.45, 7) is 4.30. The summed E-state index contributed by atoms with van der Waals surface area (Å²) in [5.74, 6) is 0.550. The van der Waals surface area contributed by atoms with Gasteiger partial charge in [0.1, 0.15) is 18.0 Å². The largest absolute Gasteiger partial charge is 0.490 e.